The highest BCUT2D eigenvalue weighted by molar-refractivity contribution is 7.91. The number of pyridine rings is 1. The Kier molecular flexibility index (Phi) is 4.34. The summed E-state index contributed by atoms with van der Waals surface area (Å²) in [4.78, 5) is 4.32. The molecule has 0 aliphatic carbocycles. The first-order valence-electron chi connectivity index (χ1n) is 6.81. The van der Waals surface area contributed by atoms with Crippen molar-refractivity contribution in [2.45, 2.75) is 45.4 Å². The van der Waals surface area contributed by atoms with Gasteiger partial charge >= 0.3 is 0 Å². The van der Waals surface area contributed by atoms with Crippen molar-refractivity contribution in [1.29, 1.82) is 0 Å². The van der Waals surface area contributed by atoms with E-state index in [1.54, 1.807) is 6.20 Å². The van der Waals surface area contributed by atoms with Crippen LogP contribution in [-0.2, 0) is 16.4 Å². The zero-order valence-electron chi connectivity index (χ0n) is 12.2. The Hall–Kier alpha value is -1.14. The molecule has 6 heteroatoms. The first kappa shape index (κ1) is 15.3. The second-order valence-corrected chi connectivity index (χ2v) is 8.46. The molecular weight excluding hydrogens is 276 g/mol. The quantitative estimate of drug-likeness (QED) is 0.913. The number of rotatable bonds is 4. The average molecular weight is 298 g/mol. The number of hydrogen-bond donors (Lipinski definition) is 1. The maximum absolute atomic E-state index is 11.4. The van der Waals surface area contributed by atoms with Crippen molar-refractivity contribution in [2.24, 2.45) is 0 Å². The van der Waals surface area contributed by atoms with Gasteiger partial charge in [0.15, 0.2) is 9.84 Å². The van der Waals surface area contributed by atoms with Gasteiger partial charge in [0.1, 0.15) is 11.9 Å². The molecule has 0 bridgehead atoms. The summed E-state index contributed by atoms with van der Waals surface area (Å²) in [7, 11) is -2.90. The van der Waals surface area contributed by atoms with Crippen molar-refractivity contribution < 1.29 is 13.2 Å². The van der Waals surface area contributed by atoms with Crippen LogP contribution in [0.15, 0.2) is 18.3 Å². The van der Waals surface area contributed by atoms with Gasteiger partial charge in [0.05, 0.1) is 23.4 Å². The molecule has 1 atom stereocenters. The van der Waals surface area contributed by atoms with Crippen LogP contribution in [0.25, 0.3) is 0 Å². The minimum Gasteiger partial charge on any atom is -0.488 e. The molecule has 1 aromatic heterocycles. The molecule has 1 fully saturated rings. The zero-order chi connectivity index (χ0) is 14.8. The second kappa shape index (κ2) is 5.69. The van der Waals surface area contributed by atoms with Gasteiger partial charge in [-0.3, -0.25) is 4.98 Å². The molecule has 1 aliphatic heterocycles. The van der Waals surface area contributed by atoms with Crippen molar-refractivity contribution in [1.82, 2.24) is 10.3 Å². The number of aromatic nitrogens is 1. The van der Waals surface area contributed by atoms with Crippen LogP contribution in [0.2, 0.25) is 0 Å². The van der Waals surface area contributed by atoms with Crippen molar-refractivity contribution in [3.63, 3.8) is 0 Å². The smallest absolute Gasteiger partial charge is 0.154 e. The molecule has 2 heterocycles. The molecular formula is C14H22N2O3S. The third kappa shape index (κ3) is 4.76. The normalized spacial score (nSPS) is 21.9. The largest absolute Gasteiger partial charge is 0.488 e. The van der Waals surface area contributed by atoms with Gasteiger partial charge in [-0.1, -0.05) is 0 Å². The van der Waals surface area contributed by atoms with E-state index in [1.807, 2.05) is 12.1 Å². The maximum Gasteiger partial charge on any atom is 0.154 e. The van der Waals surface area contributed by atoms with Crippen molar-refractivity contribution >= 4 is 9.84 Å². The monoisotopic (exact) mass is 298 g/mol. The molecule has 2 rings (SSSR count). The van der Waals surface area contributed by atoms with E-state index in [9.17, 15) is 8.42 Å². The molecule has 0 amide bonds. The van der Waals surface area contributed by atoms with Gasteiger partial charge in [-0.2, -0.15) is 0 Å². The SMILES string of the molecule is CC(C)(C)NCc1ccc(OC2CCS(=O)(=O)C2)cn1. The third-order valence-electron chi connectivity index (χ3n) is 3.09. The summed E-state index contributed by atoms with van der Waals surface area (Å²) in [6.07, 6.45) is 1.99. The molecule has 0 aromatic carbocycles. The molecule has 20 heavy (non-hydrogen) atoms. The Morgan fingerprint density at radius 1 is 1.40 bits per heavy atom. The van der Waals surface area contributed by atoms with Gasteiger partial charge in [-0.05, 0) is 39.3 Å². The average Bonchev–Trinajstić information content (AvgIpc) is 2.67. The van der Waals surface area contributed by atoms with Crippen LogP contribution in [0.1, 0.15) is 32.9 Å². The van der Waals surface area contributed by atoms with E-state index in [-0.39, 0.29) is 23.1 Å². The first-order valence-corrected chi connectivity index (χ1v) is 8.63. The maximum atomic E-state index is 11.4. The lowest BCUT2D eigenvalue weighted by atomic mass is 10.1. The second-order valence-electron chi connectivity index (χ2n) is 6.23. The van der Waals surface area contributed by atoms with E-state index in [1.165, 1.54) is 0 Å². The zero-order valence-corrected chi connectivity index (χ0v) is 13.0. The molecule has 5 nitrogen and oxygen atoms in total. The fourth-order valence-electron chi connectivity index (χ4n) is 1.99. The van der Waals surface area contributed by atoms with Gasteiger partial charge in [-0.15, -0.1) is 0 Å². The number of nitrogens with one attached hydrogen (secondary N) is 1. The lowest BCUT2D eigenvalue weighted by Gasteiger charge is -2.20. The van der Waals surface area contributed by atoms with Crippen LogP contribution in [-0.4, -0.2) is 36.6 Å². The molecule has 0 radical (unpaired) electrons. The van der Waals surface area contributed by atoms with Crippen LogP contribution in [0.5, 0.6) is 5.75 Å². The standard InChI is InChI=1S/C14H22N2O3S/c1-14(2,3)16-8-11-4-5-12(9-15-11)19-13-6-7-20(17,18)10-13/h4-5,9,13,16H,6-8,10H2,1-3H3. The number of nitrogens with zero attached hydrogens (tertiary/aromatic N) is 1. The van der Waals surface area contributed by atoms with Crippen molar-refractivity contribution in [3.8, 4) is 5.75 Å². The number of hydrogen-bond acceptors (Lipinski definition) is 5. The topological polar surface area (TPSA) is 68.3 Å². The molecule has 1 saturated heterocycles. The van der Waals surface area contributed by atoms with Crippen LogP contribution < -0.4 is 10.1 Å². The van der Waals surface area contributed by atoms with Crippen LogP contribution in [0.4, 0.5) is 0 Å². The molecule has 1 aliphatic rings. The summed E-state index contributed by atoms with van der Waals surface area (Å²) < 4.78 is 28.4. The Bertz CT molecular complexity index is 547. The Morgan fingerprint density at radius 3 is 2.65 bits per heavy atom. The van der Waals surface area contributed by atoms with E-state index >= 15 is 0 Å². The molecule has 112 valence electrons. The Balaban J connectivity index is 1.89. The van der Waals surface area contributed by atoms with Gasteiger partial charge in [0.25, 0.3) is 0 Å². The van der Waals surface area contributed by atoms with E-state index in [2.05, 4.69) is 31.1 Å². The van der Waals surface area contributed by atoms with Crippen molar-refractivity contribution in [2.75, 3.05) is 11.5 Å². The van der Waals surface area contributed by atoms with Crippen LogP contribution >= 0.6 is 0 Å². The highest BCUT2D eigenvalue weighted by Crippen LogP contribution is 2.19. The molecule has 1 aromatic rings. The fraction of sp³-hybridized carbons (Fsp3) is 0.643. The first-order chi connectivity index (χ1) is 9.23. The summed E-state index contributed by atoms with van der Waals surface area (Å²) in [6, 6.07) is 3.75. The number of sulfone groups is 1. The fourth-order valence-corrected chi connectivity index (χ4v) is 3.58. The lowest BCUT2D eigenvalue weighted by molar-refractivity contribution is 0.228. The van der Waals surface area contributed by atoms with E-state index in [0.29, 0.717) is 18.7 Å². The Morgan fingerprint density at radius 2 is 2.15 bits per heavy atom. The van der Waals surface area contributed by atoms with Gasteiger partial charge in [0, 0.05) is 12.1 Å². The predicted molar refractivity (Wildman–Crippen MR) is 78.5 cm³/mol. The molecule has 1 unspecified atom stereocenters. The van der Waals surface area contributed by atoms with Gasteiger partial charge in [0.2, 0.25) is 0 Å². The van der Waals surface area contributed by atoms with Crippen LogP contribution in [0.3, 0.4) is 0 Å². The van der Waals surface area contributed by atoms with Gasteiger partial charge in [-0.25, -0.2) is 8.42 Å². The summed E-state index contributed by atoms with van der Waals surface area (Å²) in [6.45, 7) is 7.00. The summed E-state index contributed by atoms with van der Waals surface area (Å²) in [5.74, 6) is 0.963. The minimum atomic E-state index is -2.90. The summed E-state index contributed by atoms with van der Waals surface area (Å²) in [5, 5.41) is 3.36. The third-order valence-corrected chi connectivity index (χ3v) is 4.83. The predicted octanol–water partition coefficient (Wildman–Crippen LogP) is 1.54. The van der Waals surface area contributed by atoms with Crippen molar-refractivity contribution in [3.05, 3.63) is 24.0 Å². The highest BCUT2D eigenvalue weighted by Gasteiger charge is 2.29. The van der Waals surface area contributed by atoms with Crippen LogP contribution in [0, 0.1) is 0 Å². The van der Waals surface area contributed by atoms with E-state index in [4.69, 9.17) is 4.74 Å². The van der Waals surface area contributed by atoms with Gasteiger partial charge < -0.3 is 10.1 Å². The Labute approximate surface area is 120 Å². The highest BCUT2D eigenvalue weighted by atomic mass is 32.2. The van der Waals surface area contributed by atoms with E-state index in [0.717, 1.165) is 5.69 Å². The number of ether oxygens (including phenoxy) is 1. The summed E-state index contributed by atoms with van der Waals surface area (Å²) >= 11 is 0. The molecule has 1 N–H and O–H groups in total. The lowest BCUT2D eigenvalue weighted by Crippen LogP contribution is -2.35. The van der Waals surface area contributed by atoms with E-state index < -0.39 is 9.84 Å². The summed E-state index contributed by atoms with van der Waals surface area (Å²) in [5.41, 5.74) is 0.987. The minimum absolute atomic E-state index is 0.0507. The molecule has 0 saturated carbocycles. The molecule has 0 spiro atoms.